The highest BCUT2D eigenvalue weighted by atomic mass is 16.3. The van der Waals surface area contributed by atoms with Gasteiger partial charge in [0.05, 0.1) is 12.2 Å². The molecule has 1 aromatic carbocycles. The first kappa shape index (κ1) is 24.2. The highest BCUT2D eigenvalue weighted by Gasteiger charge is 2.43. The molecule has 0 aromatic heterocycles. The third kappa shape index (κ3) is 7.03. The normalized spacial score (nSPS) is 26.6. The molecule has 0 spiro atoms. The third-order valence-corrected chi connectivity index (χ3v) is 7.40. The van der Waals surface area contributed by atoms with E-state index in [1.807, 2.05) is 12.1 Å². The minimum atomic E-state index is -0.493. The molecule has 2 aliphatic rings. The second kappa shape index (κ2) is 12.0. The Labute approximate surface area is 189 Å². The van der Waals surface area contributed by atoms with Gasteiger partial charge in [-0.1, -0.05) is 73.9 Å². The lowest BCUT2D eigenvalue weighted by atomic mass is 9.88. The van der Waals surface area contributed by atoms with Crippen molar-refractivity contribution >= 4 is 0 Å². The van der Waals surface area contributed by atoms with Crippen LogP contribution in [0.1, 0.15) is 63.5 Å². The van der Waals surface area contributed by atoms with E-state index in [1.54, 1.807) is 5.57 Å². The van der Waals surface area contributed by atoms with Crippen LogP contribution in [0.4, 0.5) is 0 Å². The fourth-order valence-corrected chi connectivity index (χ4v) is 5.60. The molecule has 31 heavy (non-hydrogen) atoms. The zero-order valence-electron chi connectivity index (χ0n) is 19.8. The summed E-state index contributed by atoms with van der Waals surface area (Å²) >= 11 is 0. The topological polar surface area (TPSA) is 43.7 Å². The van der Waals surface area contributed by atoms with Crippen LogP contribution in [-0.4, -0.2) is 47.0 Å². The van der Waals surface area contributed by atoms with Crippen molar-refractivity contribution in [1.29, 1.82) is 0 Å². The van der Waals surface area contributed by atoms with Gasteiger partial charge in [-0.15, -0.1) is 0 Å². The lowest BCUT2D eigenvalue weighted by Crippen LogP contribution is -2.23. The van der Waals surface area contributed by atoms with Gasteiger partial charge in [-0.25, -0.2) is 0 Å². The molecular weight excluding hydrogens is 382 g/mol. The van der Waals surface area contributed by atoms with E-state index >= 15 is 0 Å². The van der Waals surface area contributed by atoms with Crippen molar-refractivity contribution in [3.8, 4) is 0 Å². The number of aryl methyl sites for hydroxylation is 1. The van der Waals surface area contributed by atoms with E-state index in [0.717, 1.165) is 31.5 Å². The predicted molar refractivity (Wildman–Crippen MR) is 130 cm³/mol. The van der Waals surface area contributed by atoms with Gasteiger partial charge in [0.1, 0.15) is 0 Å². The lowest BCUT2D eigenvalue weighted by molar-refractivity contribution is 0.140. The largest absolute Gasteiger partial charge is 0.392 e. The molecule has 3 nitrogen and oxygen atoms in total. The molecule has 0 unspecified atom stereocenters. The van der Waals surface area contributed by atoms with Crippen molar-refractivity contribution in [2.45, 2.75) is 77.9 Å². The van der Waals surface area contributed by atoms with Gasteiger partial charge in [-0.3, -0.25) is 0 Å². The second-order valence-electron chi connectivity index (χ2n) is 9.72. The highest BCUT2D eigenvalue weighted by Crippen LogP contribution is 2.48. The monoisotopic (exact) mass is 425 g/mol. The molecule has 3 heteroatoms. The van der Waals surface area contributed by atoms with Crippen LogP contribution in [0.3, 0.4) is 0 Å². The Morgan fingerprint density at radius 3 is 2.71 bits per heavy atom. The minimum absolute atomic E-state index is 0.175. The van der Waals surface area contributed by atoms with E-state index in [1.165, 1.54) is 37.8 Å². The van der Waals surface area contributed by atoms with Gasteiger partial charge < -0.3 is 15.1 Å². The SMILES string of the molecule is CCN(CC)CCCCCC1=C[C@H]2C[C@@H](O)[C@H](/C=C/[C@H](O)Cc3cccc(C)c3)[C@H]2C1. The first-order chi connectivity index (χ1) is 15.0. The van der Waals surface area contributed by atoms with Crippen LogP contribution in [-0.2, 0) is 6.42 Å². The van der Waals surface area contributed by atoms with Crippen molar-refractivity contribution in [2.24, 2.45) is 17.8 Å². The summed E-state index contributed by atoms with van der Waals surface area (Å²) in [5, 5.41) is 21.1. The number of hydrogen-bond acceptors (Lipinski definition) is 3. The van der Waals surface area contributed by atoms with Gasteiger partial charge in [0.2, 0.25) is 0 Å². The molecule has 0 heterocycles. The number of aliphatic hydroxyl groups excluding tert-OH is 2. The van der Waals surface area contributed by atoms with E-state index in [0.29, 0.717) is 18.3 Å². The average molecular weight is 426 g/mol. The van der Waals surface area contributed by atoms with Crippen molar-refractivity contribution in [1.82, 2.24) is 4.90 Å². The molecular formula is C28H43NO2. The Morgan fingerprint density at radius 2 is 1.97 bits per heavy atom. The number of unbranched alkanes of at least 4 members (excludes halogenated alkanes) is 2. The number of nitrogens with zero attached hydrogens (tertiary/aromatic N) is 1. The van der Waals surface area contributed by atoms with Crippen LogP contribution in [0, 0.1) is 24.7 Å². The number of rotatable bonds is 12. The Morgan fingerprint density at radius 1 is 1.16 bits per heavy atom. The van der Waals surface area contributed by atoms with Crippen molar-refractivity contribution in [3.63, 3.8) is 0 Å². The number of fused-ring (bicyclic) bond motifs is 1. The minimum Gasteiger partial charge on any atom is -0.392 e. The molecule has 0 aliphatic heterocycles. The van der Waals surface area contributed by atoms with Crippen molar-refractivity contribution in [3.05, 3.63) is 59.2 Å². The molecule has 2 aliphatic carbocycles. The summed E-state index contributed by atoms with van der Waals surface area (Å²) in [4.78, 5) is 2.50. The van der Waals surface area contributed by atoms with Crippen LogP contribution >= 0.6 is 0 Å². The van der Waals surface area contributed by atoms with Gasteiger partial charge in [0.15, 0.2) is 0 Å². The molecule has 2 N–H and O–H groups in total. The maximum absolute atomic E-state index is 10.6. The lowest BCUT2D eigenvalue weighted by Gasteiger charge is -2.19. The van der Waals surface area contributed by atoms with E-state index in [9.17, 15) is 10.2 Å². The number of hydrogen-bond donors (Lipinski definition) is 2. The second-order valence-corrected chi connectivity index (χ2v) is 9.72. The van der Waals surface area contributed by atoms with E-state index < -0.39 is 6.10 Å². The van der Waals surface area contributed by atoms with Crippen LogP contribution < -0.4 is 0 Å². The van der Waals surface area contributed by atoms with Gasteiger partial charge >= 0.3 is 0 Å². The molecule has 0 bridgehead atoms. The Bertz CT molecular complexity index is 736. The highest BCUT2D eigenvalue weighted by molar-refractivity contribution is 5.24. The summed E-state index contributed by atoms with van der Waals surface area (Å²) in [7, 11) is 0. The summed E-state index contributed by atoms with van der Waals surface area (Å²) in [6.45, 7) is 10.1. The third-order valence-electron chi connectivity index (χ3n) is 7.40. The quantitative estimate of drug-likeness (QED) is 0.353. The first-order valence-electron chi connectivity index (χ1n) is 12.5. The fourth-order valence-electron chi connectivity index (χ4n) is 5.60. The zero-order valence-corrected chi connectivity index (χ0v) is 19.8. The summed E-state index contributed by atoms with van der Waals surface area (Å²) in [6, 6.07) is 8.32. The van der Waals surface area contributed by atoms with E-state index in [2.05, 4.69) is 56.0 Å². The molecule has 172 valence electrons. The van der Waals surface area contributed by atoms with Crippen LogP contribution in [0.15, 0.2) is 48.1 Å². The summed E-state index contributed by atoms with van der Waals surface area (Å²) in [6.07, 6.45) is 13.5. The zero-order chi connectivity index (χ0) is 22.2. The summed E-state index contributed by atoms with van der Waals surface area (Å²) < 4.78 is 0. The summed E-state index contributed by atoms with van der Waals surface area (Å²) in [5.41, 5.74) is 3.98. The standard InChI is InChI=1S/C28H43NO2/c1-4-29(5-2)15-8-6-7-11-23-17-24-20-28(31)26(27(24)19-23)14-13-25(30)18-22-12-9-10-21(3)16-22/h9-10,12-14,16-17,24-28,30-31H,4-8,11,15,18-20H2,1-3H3/b14-13+/t24-,25-,26+,27-,28+/m0/s1. The van der Waals surface area contributed by atoms with Crippen LogP contribution in [0.2, 0.25) is 0 Å². The van der Waals surface area contributed by atoms with E-state index in [4.69, 9.17) is 0 Å². The fraction of sp³-hybridized carbons (Fsp3) is 0.643. The van der Waals surface area contributed by atoms with Gasteiger partial charge in [-0.2, -0.15) is 0 Å². The molecule has 1 aromatic rings. The maximum Gasteiger partial charge on any atom is 0.0761 e. The Kier molecular flexibility index (Phi) is 9.37. The number of benzene rings is 1. The van der Waals surface area contributed by atoms with Crippen LogP contribution in [0.25, 0.3) is 0 Å². The molecule has 0 saturated heterocycles. The van der Waals surface area contributed by atoms with Gasteiger partial charge in [0, 0.05) is 12.3 Å². The molecule has 0 amide bonds. The first-order valence-corrected chi connectivity index (χ1v) is 12.5. The molecule has 5 atom stereocenters. The molecule has 0 radical (unpaired) electrons. The molecule has 1 fully saturated rings. The Balaban J connectivity index is 1.43. The van der Waals surface area contributed by atoms with Gasteiger partial charge in [0.25, 0.3) is 0 Å². The average Bonchev–Trinajstić information content (AvgIpc) is 3.25. The predicted octanol–water partition coefficient (Wildman–Crippen LogP) is 5.30. The smallest absolute Gasteiger partial charge is 0.0761 e. The molecule has 3 rings (SSSR count). The number of allylic oxidation sites excluding steroid dienone is 2. The maximum atomic E-state index is 10.6. The number of aliphatic hydroxyl groups is 2. The Hall–Kier alpha value is -1.42. The van der Waals surface area contributed by atoms with Gasteiger partial charge in [-0.05, 0) is 76.1 Å². The van der Waals surface area contributed by atoms with E-state index in [-0.39, 0.29) is 12.0 Å². The van der Waals surface area contributed by atoms with Crippen molar-refractivity contribution in [2.75, 3.05) is 19.6 Å². The summed E-state index contributed by atoms with van der Waals surface area (Å²) in [5.74, 6) is 1.21. The molecule has 1 saturated carbocycles. The van der Waals surface area contributed by atoms with Crippen molar-refractivity contribution < 1.29 is 10.2 Å². The van der Waals surface area contributed by atoms with Crippen LogP contribution in [0.5, 0.6) is 0 Å².